The molecule has 0 radical (unpaired) electrons. The van der Waals surface area contributed by atoms with E-state index in [0.717, 1.165) is 19.6 Å². The first-order valence-electron chi connectivity index (χ1n) is 6.74. The topological polar surface area (TPSA) is 38.5 Å². The lowest BCUT2D eigenvalue weighted by Crippen LogP contribution is -2.29. The van der Waals surface area contributed by atoms with E-state index in [1.807, 2.05) is 0 Å². The number of likely N-dealkylation sites (tertiary alicyclic amines) is 1. The van der Waals surface area contributed by atoms with Crippen LogP contribution in [0.2, 0.25) is 0 Å². The highest BCUT2D eigenvalue weighted by Crippen LogP contribution is 2.22. The standard InChI is InChI=1S/C15H24N2O/c1-12(16)13-7-8-17(9-13)10-14-5-3-4-6-15(14)11-18-2/h3-6,12-13H,7-11,16H2,1-2H3. The first-order valence-corrected chi connectivity index (χ1v) is 6.74. The predicted octanol–water partition coefficient (Wildman–Crippen LogP) is 2.00. The van der Waals surface area contributed by atoms with Crippen LogP contribution in [0.5, 0.6) is 0 Å². The van der Waals surface area contributed by atoms with Gasteiger partial charge in [0.05, 0.1) is 6.61 Å². The van der Waals surface area contributed by atoms with E-state index in [1.54, 1.807) is 7.11 Å². The van der Waals surface area contributed by atoms with E-state index in [9.17, 15) is 0 Å². The zero-order valence-electron chi connectivity index (χ0n) is 11.4. The Morgan fingerprint density at radius 2 is 2.11 bits per heavy atom. The van der Waals surface area contributed by atoms with E-state index in [2.05, 4.69) is 36.1 Å². The highest BCUT2D eigenvalue weighted by atomic mass is 16.5. The first-order chi connectivity index (χ1) is 8.70. The number of nitrogens with zero attached hydrogens (tertiary/aromatic N) is 1. The molecular weight excluding hydrogens is 224 g/mol. The molecule has 1 aliphatic rings. The third-order valence-corrected chi connectivity index (χ3v) is 3.86. The molecule has 0 amide bonds. The molecule has 0 aromatic heterocycles. The first kappa shape index (κ1) is 13.5. The molecule has 100 valence electrons. The largest absolute Gasteiger partial charge is 0.380 e. The summed E-state index contributed by atoms with van der Waals surface area (Å²) in [5.74, 6) is 0.652. The molecule has 3 nitrogen and oxygen atoms in total. The molecule has 2 rings (SSSR count). The molecule has 1 aromatic rings. The highest BCUT2D eigenvalue weighted by molar-refractivity contribution is 5.26. The second kappa shape index (κ2) is 6.32. The van der Waals surface area contributed by atoms with Crippen LogP contribution in [0.3, 0.4) is 0 Å². The molecule has 1 aromatic carbocycles. The average Bonchev–Trinajstić information content (AvgIpc) is 2.81. The van der Waals surface area contributed by atoms with Crippen LogP contribution in [-0.4, -0.2) is 31.1 Å². The Hall–Kier alpha value is -0.900. The molecular formula is C15H24N2O. The molecule has 18 heavy (non-hydrogen) atoms. The third kappa shape index (κ3) is 3.31. The molecule has 1 fully saturated rings. The van der Waals surface area contributed by atoms with E-state index < -0.39 is 0 Å². The Balaban J connectivity index is 1.98. The van der Waals surface area contributed by atoms with Gasteiger partial charge in [-0.15, -0.1) is 0 Å². The molecule has 0 bridgehead atoms. The molecule has 2 atom stereocenters. The van der Waals surface area contributed by atoms with Crippen LogP contribution in [0.25, 0.3) is 0 Å². The lowest BCUT2D eigenvalue weighted by molar-refractivity contribution is 0.183. The molecule has 2 unspecified atom stereocenters. The summed E-state index contributed by atoms with van der Waals surface area (Å²) in [6.45, 7) is 6.11. The van der Waals surface area contributed by atoms with Gasteiger partial charge in [-0.1, -0.05) is 24.3 Å². The smallest absolute Gasteiger partial charge is 0.0716 e. The SMILES string of the molecule is COCc1ccccc1CN1CCC(C(C)N)C1. The summed E-state index contributed by atoms with van der Waals surface area (Å²) in [5, 5.41) is 0. The van der Waals surface area contributed by atoms with Gasteiger partial charge in [-0.3, -0.25) is 4.90 Å². The van der Waals surface area contributed by atoms with Gasteiger partial charge in [0, 0.05) is 26.2 Å². The van der Waals surface area contributed by atoms with Crippen LogP contribution in [0, 0.1) is 5.92 Å². The van der Waals surface area contributed by atoms with Crippen molar-refractivity contribution < 1.29 is 4.74 Å². The molecule has 1 aliphatic heterocycles. The van der Waals surface area contributed by atoms with Crippen molar-refractivity contribution >= 4 is 0 Å². The van der Waals surface area contributed by atoms with Gasteiger partial charge in [-0.05, 0) is 36.9 Å². The molecule has 1 heterocycles. The Morgan fingerprint density at radius 1 is 1.39 bits per heavy atom. The molecule has 1 saturated heterocycles. The number of methoxy groups -OCH3 is 1. The lowest BCUT2D eigenvalue weighted by Gasteiger charge is -2.19. The van der Waals surface area contributed by atoms with Crippen molar-refractivity contribution in [2.24, 2.45) is 11.7 Å². The minimum atomic E-state index is 0.309. The summed E-state index contributed by atoms with van der Waals surface area (Å²) in [6, 6.07) is 8.84. The Labute approximate surface area is 110 Å². The number of ether oxygens (including phenoxy) is 1. The second-order valence-electron chi connectivity index (χ2n) is 5.34. The maximum atomic E-state index is 5.98. The maximum Gasteiger partial charge on any atom is 0.0716 e. The molecule has 3 heteroatoms. The minimum absolute atomic E-state index is 0.309. The number of hydrogen-bond donors (Lipinski definition) is 1. The number of benzene rings is 1. The van der Waals surface area contributed by atoms with E-state index in [0.29, 0.717) is 18.6 Å². The summed E-state index contributed by atoms with van der Waals surface area (Å²) in [6.07, 6.45) is 1.23. The van der Waals surface area contributed by atoms with E-state index in [4.69, 9.17) is 10.5 Å². The Kier molecular flexibility index (Phi) is 4.75. The fourth-order valence-corrected chi connectivity index (χ4v) is 2.68. The van der Waals surface area contributed by atoms with Crippen LogP contribution < -0.4 is 5.73 Å². The third-order valence-electron chi connectivity index (χ3n) is 3.86. The zero-order chi connectivity index (χ0) is 13.0. The van der Waals surface area contributed by atoms with Crippen LogP contribution in [-0.2, 0) is 17.9 Å². The predicted molar refractivity (Wildman–Crippen MR) is 74.2 cm³/mol. The van der Waals surface area contributed by atoms with Gasteiger partial charge >= 0.3 is 0 Å². The van der Waals surface area contributed by atoms with Gasteiger partial charge in [-0.2, -0.15) is 0 Å². The van der Waals surface area contributed by atoms with Crippen molar-refractivity contribution in [1.29, 1.82) is 0 Å². The van der Waals surface area contributed by atoms with Gasteiger partial charge in [0.1, 0.15) is 0 Å². The van der Waals surface area contributed by atoms with Crippen molar-refractivity contribution in [3.8, 4) is 0 Å². The Morgan fingerprint density at radius 3 is 2.72 bits per heavy atom. The van der Waals surface area contributed by atoms with Gasteiger partial charge in [-0.25, -0.2) is 0 Å². The Bertz CT molecular complexity index is 379. The summed E-state index contributed by atoms with van der Waals surface area (Å²) in [5.41, 5.74) is 8.66. The fourth-order valence-electron chi connectivity index (χ4n) is 2.68. The average molecular weight is 248 g/mol. The summed E-state index contributed by atoms with van der Waals surface area (Å²) >= 11 is 0. The molecule has 0 spiro atoms. The van der Waals surface area contributed by atoms with E-state index in [-0.39, 0.29) is 0 Å². The second-order valence-corrected chi connectivity index (χ2v) is 5.34. The van der Waals surface area contributed by atoms with Gasteiger partial charge in [0.25, 0.3) is 0 Å². The number of nitrogens with two attached hydrogens (primary N) is 1. The van der Waals surface area contributed by atoms with Gasteiger partial charge in [0.2, 0.25) is 0 Å². The quantitative estimate of drug-likeness (QED) is 0.866. The summed E-state index contributed by atoms with van der Waals surface area (Å²) in [4.78, 5) is 2.50. The summed E-state index contributed by atoms with van der Waals surface area (Å²) in [7, 11) is 1.75. The maximum absolute atomic E-state index is 5.98. The molecule has 0 saturated carbocycles. The van der Waals surface area contributed by atoms with Crippen molar-refractivity contribution in [2.45, 2.75) is 32.5 Å². The summed E-state index contributed by atoms with van der Waals surface area (Å²) < 4.78 is 5.25. The normalized spacial score (nSPS) is 22.3. The van der Waals surface area contributed by atoms with Gasteiger partial charge < -0.3 is 10.5 Å². The van der Waals surface area contributed by atoms with Crippen LogP contribution >= 0.6 is 0 Å². The van der Waals surface area contributed by atoms with Crippen molar-refractivity contribution in [2.75, 3.05) is 20.2 Å². The monoisotopic (exact) mass is 248 g/mol. The van der Waals surface area contributed by atoms with E-state index in [1.165, 1.54) is 17.5 Å². The van der Waals surface area contributed by atoms with Crippen molar-refractivity contribution in [3.05, 3.63) is 35.4 Å². The lowest BCUT2D eigenvalue weighted by atomic mass is 10.0. The number of rotatable bonds is 5. The van der Waals surface area contributed by atoms with E-state index >= 15 is 0 Å². The fraction of sp³-hybridized carbons (Fsp3) is 0.600. The van der Waals surface area contributed by atoms with Crippen LogP contribution in [0.1, 0.15) is 24.5 Å². The minimum Gasteiger partial charge on any atom is -0.380 e. The van der Waals surface area contributed by atoms with Gasteiger partial charge in [0.15, 0.2) is 0 Å². The van der Waals surface area contributed by atoms with Crippen LogP contribution in [0.4, 0.5) is 0 Å². The number of hydrogen-bond acceptors (Lipinski definition) is 3. The highest BCUT2D eigenvalue weighted by Gasteiger charge is 2.25. The van der Waals surface area contributed by atoms with Crippen molar-refractivity contribution in [1.82, 2.24) is 4.90 Å². The van der Waals surface area contributed by atoms with Crippen LogP contribution in [0.15, 0.2) is 24.3 Å². The molecule has 0 aliphatic carbocycles. The zero-order valence-corrected chi connectivity index (χ0v) is 11.4. The molecule has 2 N–H and O–H groups in total. The van der Waals surface area contributed by atoms with Crippen molar-refractivity contribution in [3.63, 3.8) is 0 Å².